The van der Waals surface area contributed by atoms with E-state index in [0.717, 1.165) is 32.1 Å². The molecule has 2 N–H and O–H groups in total. The predicted octanol–water partition coefficient (Wildman–Crippen LogP) is 0.513. The van der Waals surface area contributed by atoms with Gasteiger partial charge in [-0.05, 0) is 25.2 Å². The van der Waals surface area contributed by atoms with Gasteiger partial charge in [-0.2, -0.15) is 0 Å². The number of carbonyl (C=O) groups is 3. The van der Waals surface area contributed by atoms with Crippen LogP contribution in [0, 0.1) is 5.92 Å². The van der Waals surface area contributed by atoms with Crippen LogP contribution in [0.25, 0.3) is 0 Å². The van der Waals surface area contributed by atoms with Crippen molar-refractivity contribution in [3.05, 3.63) is 0 Å². The molecule has 0 spiro atoms. The number of imide groups is 1. The zero-order valence-electron chi connectivity index (χ0n) is 13.6. The van der Waals surface area contributed by atoms with Gasteiger partial charge < -0.3 is 10.1 Å². The van der Waals surface area contributed by atoms with Crippen LogP contribution in [0.15, 0.2) is 0 Å². The van der Waals surface area contributed by atoms with Crippen LogP contribution in [-0.2, 0) is 24.2 Å². The third-order valence-corrected chi connectivity index (χ3v) is 6.18. The van der Waals surface area contributed by atoms with E-state index >= 15 is 0 Å². The molecule has 0 unspecified atom stereocenters. The van der Waals surface area contributed by atoms with Crippen molar-refractivity contribution >= 4 is 27.7 Å². The Morgan fingerprint density at radius 1 is 1.04 bits per heavy atom. The highest BCUT2D eigenvalue weighted by molar-refractivity contribution is 7.91. The van der Waals surface area contributed by atoms with Crippen LogP contribution >= 0.6 is 0 Å². The summed E-state index contributed by atoms with van der Waals surface area (Å²) >= 11 is 0. The fourth-order valence-electron chi connectivity index (χ4n) is 3.10. The molecule has 2 rings (SSSR count). The normalized spacial score (nSPS) is 23.4. The fraction of sp³-hybridized carbons (Fsp3) is 0.800. The van der Waals surface area contributed by atoms with Crippen LogP contribution in [0.3, 0.4) is 0 Å². The Bertz CT molecular complexity index is 583. The summed E-state index contributed by atoms with van der Waals surface area (Å²) in [5.41, 5.74) is 0. The number of urea groups is 1. The lowest BCUT2D eigenvalue weighted by molar-refractivity contribution is -0.149. The summed E-state index contributed by atoms with van der Waals surface area (Å²) in [6.45, 7) is -0.545. The third kappa shape index (κ3) is 6.46. The highest BCUT2D eigenvalue weighted by Gasteiger charge is 2.30. The van der Waals surface area contributed by atoms with Gasteiger partial charge in [0.25, 0.3) is 5.91 Å². The van der Waals surface area contributed by atoms with Gasteiger partial charge in [-0.15, -0.1) is 0 Å². The molecular formula is C15H24N2O6S. The maximum atomic E-state index is 11.7. The van der Waals surface area contributed by atoms with Gasteiger partial charge >= 0.3 is 12.0 Å². The molecule has 2 aliphatic rings. The molecule has 1 atom stereocenters. The summed E-state index contributed by atoms with van der Waals surface area (Å²) in [6, 6.07) is -0.497. The fourth-order valence-corrected chi connectivity index (χ4v) is 4.97. The molecule has 0 radical (unpaired) electrons. The zero-order valence-corrected chi connectivity index (χ0v) is 14.4. The van der Waals surface area contributed by atoms with Crippen molar-refractivity contribution in [3.63, 3.8) is 0 Å². The Labute approximate surface area is 141 Å². The molecule has 0 aromatic heterocycles. The van der Waals surface area contributed by atoms with Gasteiger partial charge in [-0.25, -0.2) is 13.2 Å². The quantitative estimate of drug-likeness (QED) is 0.690. The van der Waals surface area contributed by atoms with E-state index in [2.05, 4.69) is 10.6 Å². The Morgan fingerprint density at radius 2 is 1.75 bits per heavy atom. The summed E-state index contributed by atoms with van der Waals surface area (Å²) in [5.74, 6) is -1.50. The van der Waals surface area contributed by atoms with E-state index < -0.39 is 34.4 Å². The number of carbonyl (C=O) groups excluding carboxylic acids is 3. The largest absolute Gasteiger partial charge is 0.456 e. The first-order chi connectivity index (χ1) is 11.3. The standard InChI is InChI=1S/C15H24N2O6S/c18-13(17-15(20)16-12-4-2-1-3-5-12)9-23-14(19)8-11-6-7-24(21,22)10-11/h11-12H,1-10H2,(H2,16,17,18,20)/t11-/m0/s1. The van der Waals surface area contributed by atoms with Crippen LogP contribution in [0.2, 0.25) is 0 Å². The van der Waals surface area contributed by atoms with Crippen LogP contribution in [-0.4, -0.2) is 50.5 Å². The predicted molar refractivity (Wildman–Crippen MR) is 85.9 cm³/mol. The number of rotatable bonds is 5. The van der Waals surface area contributed by atoms with Crippen LogP contribution in [0.1, 0.15) is 44.9 Å². The molecule has 24 heavy (non-hydrogen) atoms. The van der Waals surface area contributed by atoms with Crippen molar-refractivity contribution in [1.29, 1.82) is 0 Å². The van der Waals surface area contributed by atoms with Crippen molar-refractivity contribution in [3.8, 4) is 0 Å². The Hall–Kier alpha value is -1.64. The van der Waals surface area contributed by atoms with Crippen LogP contribution in [0.5, 0.6) is 0 Å². The van der Waals surface area contributed by atoms with Gasteiger partial charge in [-0.3, -0.25) is 14.9 Å². The van der Waals surface area contributed by atoms with Gasteiger partial charge in [0.2, 0.25) is 0 Å². The molecule has 0 bridgehead atoms. The number of amides is 3. The molecule has 1 heterocycles. The SMILES string of the molecule is O=C(COC(=O)C[C@@H]1CCS(=O)(=O)C1)NC(=O)NC1CCCCC1. The number of sulfone groups is 1. The summed E-state index contributed by atoms with van der Waals surface area (Å²) in [5, 5.41) is 4.85. The Morgan fingerprint density at radius 3 is 2.38 bits per heavy atom. The highest BCUT2D eigenvalue weighted by Crippen LogP contribution is 2.21. The second-order valence-corrected chi connectivity index (χ2v) is 8.72. The van der Waals surface area contributed by atoms with Gasteiger partial charge in [-0.1, -0.05) is 19.3 Å². The number of ether oxygens (including phenoxy) is 1. The summed E-state index contributed by atoms with van der Waals surface area (Å²) in [7, 11) is -3.04. The van der Waals surface area contributed by atoms with Gasteiger partial charge in [0.1, 0.15) is 0 Å². The zero-order chi connectivity index (χ0) is 17.6. The number of hydrogen-bond acceptors (Lipinski definition) is 6. The highest BCUT2D eigenvalue weighted by atomic mass is 32.2. The minimum atomic E-state index is -3.04. The van der Waals surface area contributed by atoms with Crippen LogP contribution < -0.4 is 10.6 Å². The molecular weight excluding hydrogens is 336 g/mol. The van der Waals surface area contributed by atoms with E-state index in [1.54, 1.807) is 0 Å². The minimum absolute atomic E-state index is 0.0158. The summed E-state index contributed by atoms with van der Waals surface area (Å²) in [4.78, 5) is 34.9. The van der Waals surface area contributed by atoms with Crippen LogP contribution in [0.4, 0.5) is 4.79 Å². The summed E-state index contributed by atoms with van der Waals surface area (Å²) < 4.78 is 27.4. The second-order valence-electron chi connectivity index (χ2n) is 6.49. The lowest BCUT2D eigenvalue weighted by Gasteiger charge is -2.22. The molecule has 1 saturated heterocycles. The maximum absolute atomic E-state index is 11.7. The first-order valence-electron chi connectivity index (χ1n) is 8.30. The summed E-state index contributed by atoms with van der Waals surface area (Å²) in [6.07, 6.45) is 5.51. The third-order valence-electron chi connectivity index (χ3n) is 4.34. The average Bonchev–Trinajstić information content (AvgIpc) is 2.85. The Balaban J connectivity index is 1.61. The van der Waals surface area contributed by atoms with E-state index in [1.807, 2.05) is 0 Å². The lowest BCUT2D eigenvalue weighted by atomic mass is 9.96. The van der Waals surface area contributed by atoms with Crippen molar-refractivity contribution < 1.29 is 27.5 Å². The molecule has 3 amide bonds. The lowest BCUT2D eigenvalue weighted by Crippen LogP contribution is -2.46. The molecule has 1 saturated carbocycles. The molecule has 0 aromatic rings. The van der Waals surface area contributed by atoms with Crippen molar-refractivity contribution in [2.45, 2.75) is 51.0 Å². The smallest absolute Gasteiger partial charge is 0.321 e. The minimum Gasteiger partial charge on any atom is -0.456 e. The first-order valence-corrected chi connectivity index (χ1v) is 10.1. The topological polar surface area (TPSA) is 119 Å². The second kappa shape index (κ2) is 8.46. The average molecular weight is 360 g/mol. The maximum Gasteiger partial charge on any atom is 0.321 e. The van der Waals surface area contributed by atoms with Crippen molar-refractivity contribution in [2.75, 3.05) is 18.1 Å². The number of nitrogens with one attached hydrogen (secondary N) is 2. The van der Waals surface area contributed by atoms with E-state index in [9.17, 15) is 22.8 Å². The number of hydrogen-bond donors (Lipinski definition) is 2. The molecule has 9 heteroatoms. The van der Waals surface area contributed by atoms with E-state index in [-0.39, 0.29) is 29.9 Å². The molecule has 1 aliphatic carbocycles. The van der Waals surface area contributed by atoms with Gasteiger partial charge in [0, 0.05) is 12.5 Å². The van der Waals surface area contributed by atoms with E-state index in [4.69, 9.17) is 4.74 Å². The molecule has 2 fully saturated rings. The van der Waals surface area contributed by atoms with Crippen molar-refractivity contribution in [1.82, 2.24) is 10.6 Å². The van der Waals surface area contributed by atoms with E-state index in [1.165, 1.54) is 0 Å². The van der Waals surface area contributed by atoms with Gasteiger partial charge in [0.05, 0.1) is 11.5 Å². The number of esters is 1. The molecule has 8 nitrogen and oxygen atoms in total. The van der Waals surface area contributed by atoms with Crippen molar-refractivity contribution in [2.24, 2.45) is 5.92 Å². The monoisotopic (exact) mass is 360 g/mol. The molecule has 0 aromatic carbocycles. The first kappa shape index (κ1) is 18.7. The molecule has 136 valence electrons. The van der Waals surface area contributed by atoms with Gasteiger partial charge in [0.15, 0.2) is 16.4 Å². The Kier molecular flexibility index (Phi) is 6.59. The molecule has 1 aliphatic heterocycles. The van der Waals surface area contributed by atoms with E-state index in [0.29, 0.717) is 6.42 Å².